The third kappa shape index (κ3) is 2.02. The van der Waals surface area contributed by atoms with Gasteiger partial charge >= 0.3 is 0 Å². The molecule has 2 aromatic rings. The first-order chi connectivity index (χ1) is 8.13. The number of benzene rings is 1. The molecule has 0 aliphatic heterocycles. The number of aromatic nitrogens is 2. The Hall–Kier alpha value is -2.21. The minimum Gasteiger partial charge on any atom is -0.298 e. The third-order valence-electron chi connectivity index (χ3n) is 2.15. The smallest absolute Gasteiger partial charge is 0.271 e. The van der Waals surface area contributed by atoms with Crippen LogP contribution in [0.3, 0.4) is 0 Å². The average molecular weight is 252 g/mol. The largest absolute Gasteiger partial charge is 0.298 e. The normalized spacial score (nSPS) is 10.2. The monoisotopic (exact) mass is 251 g/mol. The number of nitrogens with zero attached hydrogens (tertiary/aromatic N) is 3. The van der Waals surface area contributed by atoms with Crippen LogP contribution < -0.4 is 0 Å². The van der Waals surface area contributed by atoms with Gasteiger partial charge in [-0.25, -0.2) is 4.68 Å². The minimum atomic E-state index is -0.512. The van der Waals surface area contributed by atoms with E-state index in [1.165, 1.54) is 29.1 Å². The molecular weight excluding hydrogens is 246 g/mol. The van der Waals surface area contributed by atoms with Crippen molar-refractivity contribution in [3.05, 3.63) is 51.3 Å². The molecule has 0 amide bonds. The number of nitro benzene ring substituents is 1. The van der Waals surface area contributed by atoms with Crippen LogP contribution in [0.4, 0.5) is 5.69 Å². The van der Waals surface area contributed by atoms with Gasteiger partial charge in [-0.2, -0.15) is 5.10 Å². The zero-order valence-corrected chi connectivity index (χ0v) is 9.16. The Bertz CT molecular complexity index is 594. The first-order valence-corrected chi connectivity index (χ1v) is 4.95. The summed E-state index contributed by atoms with van der Waals surface area (Å²) in [5.41, 5.74) is 0.595. The van der Waals surface area contributed by atoms with Gasteiger partial charge in [0.05, 0.1) is 22.4 Å². The number of hydrogen-bond donors (Lipinski definition) is 0. The summed E-state index contributed by atoms with van der Waals surface area (Å²) >= 11 is 5.89. The molecule has 0 N–H and O–H groups in total. The van der Waals surface area contributed by atoms with Crippen molar-refractivity contribution in [1.29, 1.82) is 0 Å². The van der Waals surface area contributed by atoms with Crippen molar-refractivity contribution in [3.8, 4) is 5.69 Å². The van der Waals surface area contributed by atoms with Crippen LogP contribution >= 0.6 is 11.6 Å². The first-order valence-electron chi connectivity index (χ1n) is 4.57. The minimum absolute atomic E-state index is 0.0679. The van der Waals surface area contributed by atoms with Gasteiger partial charge in [0, 0.05) is 12.1 Å². The van der Waals surface area contributed by atoms with Crippen molar-refractivity contribution in [3.63, 3.8) is 0 Å². The number of halogens is 1. The molecule has 0 bridgehead atoms. The highest BCUT2D eigenvalue weighted by molar-refractivity contribution is 6.32. The Kier molecular flexibility index (Phi) is 2.88. The molecule has 0 saturated heterocycles. The zero-order chi connectivity index (χ0) is 12.4. The molecule has 7 heteroatoms. The van der Waals surface area contributed by atoms with Gasteiger partial charge in [-0.15, -0.1) is 0 Å². The molecule has 17 heavy (non-hydrogen) atoms. The second-order valence-electron chi connectivity index (χ2n) is 3.20. The van der Waals surface area contributed by atoms with E-state index in [4.69, 9.17) is 11.6 Å². The topological polar surface area (TPSA) is 78.0 Å². The molecule has 1 aromatic heterocycles. The van der Waals surface area contributed by atoms with Crippen LogP contribution in [0.1, 0.15) is 10.4 Å². The second kappa shape index (κ2) is 4.34. The van der Waals surface area contributed by atoms with Crippen LogP contribution in [0.25, 0.3) is 5.69 Å². The number of aldehydes is 1. The van der Waals surface area contributed by atoms with Crippen molar-refractivity contribution >= 4 is 23.6 Å². The first kappa shape index (κ1) is 11.3. The van der Waals surface area contributed by atoms with Crippen molar-refractivity contribution in [2.24, 2.45) is 0 Å². The van der Waals surface area contributed by atoms with Crippen LogP contribution in [-0.2, 0) is 0 Å². The summed E-state index contributed by atoms with van der Waals surface area (Å²) in [6.45, 7) is 0. The maximum Gasteiger partial charge on any atom is 0.271 e. The molecule has 0 radical (unpaired) electrons. The van der Waals surface area contributed by atoms with Crippen molar-refractivity contribution in [2.75, 3.05) is 0 Å². The van der Waals surface area contributed by atoms with E-state index in [1.807, 2.05) is 0 Å². The Morgan fingerprint density at radius 1 is 1.47 bits per heavy atom. The van der Waals surface area contributed by atoms with Crippen molar-refractivity contribution < 1.29 is 9.72 Å². The summed E-state index contributed by atoms with van der Waals surface area (Å²) in [4.78, 5) is 20.7. The predicted molar refractivity (Wildman–Crippen MR) is 60.6 cm³/mol. The van der Waals surface area contributed by atoms with Crippen LogP contribution in [0.2, 0.25) is 5.15 Å². The Labute approximate surface area is 101 Å². The standard InChI is InChI=1S/C10H6ClN3O3/c11-10-7(6-15)5-12-13(10)8-2-1-3-9(4-8)14(16)17/h1-6H. The number of nitro groups is 1. The van der Waals surface area contributed by atoms with Crippen LogP contribution in [0.15, 0.2) is 30.5 Å². The van der Waals surface area contributed by atoms with E-state index in [2.05, 4.69) is 5.10 Å². The van der Waals surface area contributed by atoms with Gasteiger partial charge in [-0.05, 0) is 6.07 Å². The van der Waals surface area contributed by atoms with Crippen LogP contribution in [-0.4, -0.2) is 21.0 Å². The maximum absolute atomic E-state index is 10.6. The summed E-state index contributed by atoms with van der Waals surface area (Å²) in [5.74, 6) is 0. The van der Waals surface area contributed by atoms with Gasteiger partial charge in [0.25, 0.3) is 5.69 Å². The summed E-state index contributed by atoms with van der Waals surface area (Å²) in [6.07, 6.45) is 1.87. The highest BCUT2D eigenvalue weighted by Crippen LogP contribution is 2.21. The molecule has 1 aromatic carbocycles. The molecule has 0 atom stereocenters. The lowest BCUT2D eigenvalue weighted by Gasteiger charge is -2.02. The highest BCUT2D eigenvalue weighted by atomic mass is 35.5. The van der Waals surface area contributed by atoms with Crippen molar-refractivity contribution in [2.45, 2.75) is 0 Å². The zero-order valence-electron chi connectivity index (χ0n) is 8.41. The number of carbonyl (C=O) groups is 1. The SMILES string of the molecule is O=Cc1cnn(-c2cccc([N+](=O)[O-])c2)c1Cl. The van der Waals surface area contributed by atoms with Crippen LogP contribution in [0, 0.1) is 10.1 Å². The van der Waals surface area contributed by atoms with Gasteiger partial charge in [0.2, 0.25) is 0 Å². The number of hydrogen-bond acceptors (Lipinski definition) is 4. The molecule has 0 unspecified atom stereocenters. The van der Waals surface area contributed by atoms with E-state index in [-0.39, 0.29) is 16.4 Å². The van der Waals surface area contributed by atoms with Gasteiger partial charge in [-0.3, -0.25) is 14.9 Å². The Morgan fingerprint density at radius 3 is 2.82 bits per heavy atom. The lowest BCUT2D eigenvalue weighted by atomic mass is 10.3. The quantitative estimate of drug-likeness (QED) is 0.476. The molecule has 1 heterocycles. The number of non-ortho nitro benzene ring substituents is 1. The molecule has 0 fully saturated rings. The van der Waals surface area contributed by atoms with E-state index < -0.39 is 4.92 Å². The van der Waals surface area contributed by atoms with E-state index in [0.29, 0.717) is 12.0 Å². The Balaban J connectivity index is 2.52. The maximum atomic E-state index is 10.6. The summed E-state index contributed by atoms with van der Waals surface area (Å²) in [6, 6.07) is 5.82. The summed E-state index contributed by atoms with van der Waals surface area (Å²) in [7, 11) is 0. The van der Waals surface area contributed by atoms with Gasteiger partial charge in [0.1, 0.15) is 5.15 Å². The van der Waals surface area contributed by atoms with Gasteiger partial charge < -0.3 is 0 Å². The van der Waals surface area contributed by atoms with Gasteiger partial charge in [-0.1, -0.05) is 17.7 Å². The van der Waals surface area contributed by atoms with E-state index in [9.17, 15) is 14.9 Å². The fourth-order valence-electron chi connectivity index (χ4n) is 1.34. The lowest BCUT2D eigenvalue weighted by molar-refractivity contribution is -0.384. The number of rotatable bonds is 3. The van der Waals surface area contributed by atoms with Gasteiger partial charge in [0.15, 0.2) is 6.29 Å². The van der Waals surface area contributed by atoms with E-state index in [1.54, 1.807) is 6.07 Å². The fraction of sp³-hybridized carbons (Fsp3) is 0. The van der Waals surface area contributed by atoms with E-state index >= 15 is 0 Å². The fourth-order valence-corrected chi connectivity index (χ4v) is 1.58. The molecule has 0 aliphatic rings. The summed E-state index contributed by atoms with van der Waals surface area (Å²) < 4.78 is 1.26. The lowest BCUT2D eigenvalue weighted by Crippen LogP contribution is -1.98. The second-order valence-corrected chi connectivity index (χ2v) is 3.56. The predicted octanol–water partition coefficient (Wildman–Crippen LogP) is 2.25. The molecule has 6 nitrogen and oxygen atoms in total. The average Bonchev–Trinajstić information content (AvgIpc) is 2.70. The molecule has 0 saturated carbocycles. The highest BCUT2D eigenvalue weighted by Gasteiger charge is 2.12. The van der Waals surface area contributed by atoms with E-state index in [0.717, 1.165) is 0 Å². The van der Waals surface area contributed by atoms with Crippen LogP contribution in [0.5, 0.6) is 0 Å². The third-order valence-corrected chi connectivity index (χ3v) is 2.53. The molecular formula is C10H6ClN3O3. The molecule has 0 aliphatic carbocycles. The molecule has 2 rings (SSSR count). The number of carbonyl (C=O) groups excluding carboxylic acids is 1. The van der Waals surface area contributed by atoms with Crippen molar-refractivity contribution in [1.82, 2.24) is 9.78 Å². The molecule has 86 valence electrons. The molecule has 0 spiro atoms. The Morgan fingerprint density at radius 2 is 2.24 bits per heavy atom. The summed E-state index contributed by atoms with van der Waals surface area (Å²) in [5, 5.41) is 14.6.